The lowest BCUT2D eigenvalue weighted by Crippen LogP contribution is -2.57. The van der Waals surface area contributed by atoms with Crippen LogP contribution in [0.1, 0.15) is 25.3 Å². The van der Waals surface area contributed by atoms with Crippen LogP contribution >= 0.6 is 24.0 Å². The summed E-state index contributed by atoms with van der Waals surface area (Å²) in [7, 11) is 1.76. The Labute approximate surface area is 211 Å². The number of guanidine groups is 1. The summed E-state index contributed by atoms with van der Waals surface area (Å²) in [6.07, 6.45) is 7.16. The van der Waals surface area contributed by atoms with E-state index in [1.165, 1.54) is 0 Å². The van der Waals surface area contributed by atoms with Crippen LogP contribution < -0.4 is 5.32 Å². The molecule has 2 aliphatic heterocycles. The van der Waals surface area contributed by atoms with Crippen molar-refractivity contribution < 1.29 is 9.18 Å². The lowest BCUT2D eigenvalue weighted by atomic mass is 10.2. The lowest BCUT2D eigenvalue weighted by molar-refractivity contribution is -0.135. The number of carbonyl (C=O) groups excluding carboxylic acids is 1. The summed E-state index contributed by atoms with van der Waals surface area (Å²) in [5.41, 5.74) is 1.32. The summed E-state index contributed by atoms with van der Waals surface area (Å²) in [5, 5.41) is 3.34. The number of aliphatic imine (C=N–C) groups is 1. The van der Waals surface area contributed by atoms with Gasteiger partial charge in [-0.2, -0.15) is 0 Å². The van der Waals surface area contributed by atoms with Crippen LogP contribution in [0.15, 0.2) is 41.9 Å². The van der Waals surface area contributed by atoms with Crippen molar-refractivity contribution in [3.63, 3.8) is 0 Å². The molecule has 2 saturated heterocycles. The largest absolute Gasteiger partial charge is 0.352 e. The van der Waals surface area contributed by atoms with Gasteiger partial charge in [0, 0.05) is 65.3 Å². The SMILES string of the molecule is CN=C(NCc1ccc(-n2ccnc2)c(F)c1)N1CCN(C(C)C(=O)N2CCCC2)CC1.I. The molecule has 0 saturated carbocycles. The maximum Gasteiger partial charge on any atom is 0.239 e. The third-order valence-corrected chi connectivity index (χ3v) is 6.39. The Bertz CT molecular complexity index is 938. The zero-order valence-electron chi connectivity index (χ0n) is 19.3. The summed E-state index contributed by atoms with van der Waals surface area (Å²) >= 11 is 0. The molecule has 1 unspecified atom stereocenters. The minimum Gasteiger partial charge on any atom is -0.352 e. The van der Waals surface area contributed by atoms with Gasteiger partial charge in [-0.05, 0) is 37.5 Å². The molecule has 1 aromatic heterocycles. The number of rotatable bonds is 5. The number of imidazole rings is 1. The molecule has 0 radical (unpaired) electrons. The Morgan fingerprint density at radius 1 is 1.15 bits per heavy atom. The predicted molar refractivity (Wildman–Crippen MR) is 138 cm³/mol. The highest BCUT2D eigenvalue weighted by molar-refractivity contribution is 14.0. The van der Waals surface area contributed by atoms with E-state index >= 15 is 0 Å². The number of piperazine rings is 1. The summed E-state index contributed by atoms with van der Waals surface area (Å²) in [4.78, 5) is 27.5. The highest BCUT2D eigenvalue weighted by Crippen LogP contribution is 2.16. The molecule has 0 bridgehead atoms. The first kappa shape index (κ1) is 25.4. The van der Waals surface area contributed by atoms with Crippen LogP contribution in [0.2, 0.25) is 0 Å². The van der Waals surface area contributed by atoms with E-state index < -0.39 is 0 Å². The maximum atomic E-state index is 14.5. The Morgan fingerprint density at radius 2 is 1.88 bits per heavy atom. The smallest absolute Gasteiger partial charge is 0.239 e. The third-order valence-electron chi connectivity index (χ3n) is 6.39. The average Bonchev–Trinajstić information content (AvgIpc) is 3.54. The van der Waals surface area contributed by atoms with Gasteiger partial charge in [0.05, 0.1) is 18.1 Å². The normalized spacial score (nSPS) is 18.2. The van der Waals surface area contributed by atoms with Gasteiger partial charge < -0.3 is 19.7 Å². The molecule has 1 atom stereocenters. The van der Waals surface area contributed by atoms with Gasteiger partial charge in [-0.1, -0.05) is 6.07 Å². The molecule has 2 aliphatic rings. The molecule has 180 valence electrons. The molecular formula is C23H33FIN7O. The summed E-state index contributed by atoms with van der Waals surface area (Å²) in [6, 6.07) is 5.12. The Morgan fingerprint density at radius 3 is 2.48 bits per heavy atom. The van der Waals surface area contributed by atoms with Gasteiger partial charge in [-0.15, -0.1) is 24.0 Å². The van der Waals surface area contributed by atoms with E-state index in [-0.39, 0.29) is 41.7 Å². The second-order valence-electron chi connectivity index (χ2n) is 8.39. The van der Waals surface area contributed by atoms with E-state index in [4.69, 9.17) is 0 Å². The van der Waals surface area contributed by atoms with Crippen LogP contribution in [0.3, 0.4) is 0 Å². The first-order chi connectivity index (χ1) is 15.6. The summed E-state index contributed by atoms with van der Waals surface area (Å²) in [6.45, 7) is 7.51. The highest BCUT2D eigenvalue weighted by atomic mass is 127. The topological polar surface area (TPSA) is 69.0 Å². The molecule has 10 heteroatoms. The maximum absolute atomic E-state index is 14.5. The van der Waals surface area contributed by atoms with E-state index in [2.05, 4.69) is 25.1 Å². The van der Waals surface area contributed by atoms with Crippen molar-refractivity contribution in [1.82, 2.24) is 29.6 Å². The number of nitrogens with one attached hydrogen (secondary N) is 1. The van der Waals surface area contributed by atoms with Crippen molar-refractivity contribution in [2.24, 2.45) is 4.99 Å². The van der Waals surface area contributed by atoms with E-state index in [1.54, 1.807) is 42.5 Å². The van der Waals surface area contributed by atoms with Gasteiger partial charge in [-0.3, -0.25) is 14.7 Å². The minimum absolute atomic E-state index is 0. The molecule has 33 heavy (non-hydrogen) atoms. The van der Waals surface area contributed by atoms with Gasteiger partial charge in [0.25, 0.3) is 0 Å². The fourth-order valence-corrected chi connectivity index (χ4v) is 4.46. The van der Waals surface area contributed by atoms with Crippen molar-refractivity contribution in [2.75, 3.05) is 46.3 Å². The number of amides is 1. The van der Waals surface area contributed by atoms with Crippen LogP contribution in [0, 0.1) is 5.82 Å². The zero-order valence-corrected chi connectivity index (χ0v) is 21.6. The fraction of sp³-hybridized carbons (Fsp3) is 0.522. The molecule has 8 nitrogen and oxygen atoms in total. The monoisotopic (exact) mass is 569 g/mol. The zero-order chi connectivity index (χ0) is 22.5. The van der Waals surface area contributed by atoms with Gasteiger partial charge in [0.15, 0.2) is 5.96 Å². The first-order valence-corrected chi connectivity index (χ1v) is 11.3. The van der Waals surface area contributed by atoms with E-state index in [1.807, 2.05) is 17.9 Å². The van der Waals surface area contributed by atoms with Crippen LogP contribution in [0.4, 0.5) is 4.39 Å². The molecule has 4 rings (SSSR count). The van der Waals surface area contributed by atoms with Gasteiger partial charge in [-0.25, -0.2) is 9.37 Å². The summed E-state index contributed by atoms with van der Waals surface area (Å²) in [5.74, 6) is 0.754. The first-order valence-electron chi connectivity index (χ1n) is 11.3. The Hall–Kier alpha value is -2.21. The van der Waals surface area contributed by atoms with E-state index in [9.17, 15) is 9.18 Å². The minimum atomic E-state index is -0.289. The molecule has 3 heterocycles. The number of likely N-dealkylation sites (tertiary alicyclic amines) is 1. The quantitative estimate of drug-likeness (QED) is 0.340. The molecule has 2 fully saturated rings. The number of carbonyl (C=O) groups is 1. The molecule has 1 N–H and O–H groups in total. The Kier molecular flexibility index (Phi) is 9.07. The van der Waals surface area contributed by atoms with E-state index in [0.717, 1.165) is 63.6 Å². The Balaban J connectivity index is 0.00000306. The molecule has 1 amide bonds. The number of hydrogen-bond acceptors (Lipinski definition) is 4. The number of aromatic nitrogens is 2. The van der Waals surface area contributed by atoms with Crippen LogP contribution in [0.5, 0.6) is 0 Å². The van der Waals surface area contributed by atoms with Crippen LogP contribution in [-0.2, 0) is 11.3 Å². The molecule has 0 aliphatic carbocycles. The van der Waals surface area contributed by atoms with Crippen LogP contribution in [0.25, 0.3) is 5.69 Å². The van der Waals surface area contributed by atoms with Gasteiger partial charge in [0.2, 0.25) is 5.91 Å². The van der Waals surface area contributed by atoms with Crippen molar-refractivity contribution in [3.8, 4) is 5.69 Å². The standard InChI is InChI=1S/C23H32FN7O.HI/c1-18(22(32)29-8-3-4-9-29)28-11-13-30(14-12-28)23(25-2)27-16-19-5-6-21(20(24)15-19)31-10-7-26-17-31;/h5-7,10,15,17-18H,3-4,8-9,11-14,16H2,1-2H3,(H,25,27);1H. The summed E-state index contributed by atoms with van der Waals surface area (Å²) < 4.78 is 16.2. The van der Waals surface area contributed by atoms with Crippen molar-refractivity contribution in [3.05, 3.63) is 48.3 Å². The lowest BCUT2D eigenvalue weighted by Gasteiger charge is -2.39. The van der Waals surface area contributed by atoms with Crippen LogP contribution in [-0.4, -0.2) is 88.5 Å². The second kappa shape index (κ2) is 11.8. The van der Waals surface area contributed by atoms with E-state index in [0.29, 0.717) is 12.2 Å². The van der Waals surface area contributed by atoms with Gasteiger partial charge >= 0.3 is 0 Å². The molecule has 1 aromatic carbocycles. The average molecular weight is 569 g/mol. The fourth-order valence-electron chi connectivity index (χ4n) is 4.46. The highest BCUT2D eigenvalue weighted by Gasteiger charge is 2.30. The predicted octanol–water partition coefficient (Wildman–Crippen LogP) is 2.33. The second-order valence-corrected chi connectivity index (χ2v) is 8.39. The molecule has 0 spiro atoms. The molecular weight excluding hydrogens is 536 g/mol. The number of benzene rings is 1. The van der Waals surface area contributed by atoms with Crippen molar-refractivity contribution >= 4 is 35.8 Å². The van der Waals surface area contributed by atoms with Gasteiger partial charge in [0.1, 0.15) is 5.82 Å². The molecule has 2 aromatic rings. The van der Waals surface area contributed by atoms with Crippen molar-refractivity contribution in [1.29, 1.82) is 0 Å². The number of halogens is 2. The number of nitrogens with zero attached hydrogens (tertiary/aromatic N) is 6. The number of hydrogen-bond donors (Lipinski definition) is 1. The third kappa shape index (κ3) is 6.03. The van der Waals surface area contributed by atoms with Crippen molar-refractivity contribution in [2.45, 2.75) is 32.4 Å².